The zero-order valence-corrected chi connectivity index (χ0v) is 16.1. The fourth-order valence-electron chi connectivity index (χ4n) is 2.72. The number of hydrogen-bond acceptors (Lipinski definition) is 4. The Morgan fingerprint density at radius 3 is 2.35 bits per heavy atom. The summed E-state index contributed by atoms with van der Waals surface area (Å²) in [6.07, 6.45) is 2.23. The minimum Gasteiger partial charge on any atom is -0.491 e. The van der Waals surface area contributed by atoms with E-state index in [4.69, 9.17) is 14.2 Å². The molecule has 0 bridgehead atoms. The SMILES string of the molecule is CCCCOCCOc1cc(C)c(-c2ccc(C(=O)OC)cc2)cc1C. The maximum absolute atomic E-state index is 11.6. The Kier molecular flexibility index (Phi) is 7.67. The van der Waals surface area contributed by atoms with Crippen molar-refractivity contribution in [2.75, 3.05) is 26.9 Å². The van der Waals surface area contributed by atoms with Crippen molar-refractivity contribution in [3.8, 4) is 16.9 Å². The van der Waals surface area contributed by atoms with Crippen LogP contribution in [0, 0.1) is 13.8 Å². The van der Waals surface area contributed by atoms with Gasteiger partial charge in [0.25, 0.3) is 0 Å². The van der Waals surface area contributed by atoms with Crippen molar-refractivity contribution in [1.82, 2.24) is 0 Å². The highest BCUT2D eigenvalue weighted by molar-refractivity contribution is 5.90. The summed E-state index contributed by atoms with van der Waals surface area (Å²) in [5.74, 6) is 0.561. The second-order valence-electron chi connectivity index (χ2n) is 6.32. The molecule has 0 atom stereocenters. The van der Waals surface area contributed by atoms with Gasteiger partial charge in [-0.15, -0.1) is 0 Å². The van der Waals surface area contributed by atoms with Crippen LogP contribution in [-0.4, -0.2) is 32.9 Å². The molecule has 0 N–H and O–H groups in total. The molecule has 0 aliphatic heterocycles. The Hall–Kier alpha value is -2.33. The number of esters is 1. The smallest absolute Gasteiger partial charge is 0.337 e. The second-order valence-corrected chi connectivity index (χ2v) is 6.32. The number of methoxy groups -OCH3 is 1. The van der Waals surface area contributed by atoms with Crippen molar-refractivity contribution in [1.29, 1.82) is 0 Å². The molecule has 0 unspecified atom stereocenters. The van der Waals surface area contributed by atoms with Crippen molar-refractivity contribution in [3.05, 3.63) is 53.1 Å². The summed E-state index contributed by atoms with van der Waals surface area (Å²) in [5, 5.41) is 0. The molecule has 0 fully saturated rings. The molecule has 0 aliphatic rings. The fraction of sp³-hybridized carbons (Fsp3) is 0.409. The lowest BCUT2D eigenvalue weighted by Crippen LogP contribution is -2.08. The van der Waals surface area contributed by atoms with Crippen LogP contribution in [0.5, 0.6) is 5.75 Å². The van der Waals surface area contributed by atoms with E-state index in [1.54, 1.807) is 12.1 Å². The van der Waals surface area contributed by atoms with Gasteiger partial charge in [0.1, 0.15) is 12.4 Å². The Morgan fingerprint density at radius 2 is 1.69 bits per heavy atom. The van der Waals surface area contributed by atoms with E-state index in [1.165, 1.54) is 7.11 Å². The monoisotopic (exact) mass is 356 g/mol. The molecule has 0 heterocycles. The molecular formula is C22H28O4. The van der Waals surface area contributed by atoms with Crippen LogP contribution in [0.25, 0.3) is 11.1 Å². The summed E-state index contributed by atoms with van der Waals surface area (Å²) in [7, 11) is 1.39. The molecule has 0 amide bonds. The molecule has 140 valence electrons. The Balaban J connectivity index is 2.05. The molecular weight excluding hydrogens is 328 g/mol. The first-order valence-corrected chi connectivity index (χ1v) is 9.07. The molecule has 26 heavy (non-hydrogen) atoms. The van der Waals surface area contributed by atoms with Crippen LogP contribution < -0.4 is 4.74 Å². The molecule has 0 aliphatic carbocycles. The number of aryl methyl sites for hydroxylation is 2. The van der Waals surface area contributed by atoms with E-state index in [-0.39, 0.29) is 5.97 Å². The summed E-state index contributed by atoms with van der Waals surface area (Å²) in [5.41, 5.74) is 4.95. The predicted molar refractivity (Wildman–Crippen MR) is 104 cm³/mol. The van der Waals surface area contributed by atoms with Gasteiger partial charge in [-0.1, -0.05) is 25.5 Å². The first-order valence-electron chi connectivity index (χ1n) is 9.07. The topological polar surface area (TPSA) is 44.8 Å². The highest BCUT2D eigenvalue weighted by atomic mass is 16.5. The van der Waals surface area contributed by atoms with E-state index in [9.17, 15) is 4.79 Å². The Morgan fingerprint density at radius 1 is 0.962 bits per heavy atom. The first kappa shape index (κ1) is 20.0. The fourth-order valence-corrected chi connectivity index (χ4v) is 2.72. The van der Waals surface area contributed by atoms with Crippen molar-refractivity contribution in [2.24, 2.45) is 0 Å². The number of rotatable bonds is 9. The minimum atomic E-state index is -0.325. The van der Waals surface area contributed by atoms with Crippen molar-refractivity contribution in [2.45, 2.75) is 33.6 Å². The third-order valence-electron chi connectivity index (χ3n) is 4.27. The average Bonchev–Trinajstić information content (AvgIpc) is 2.66. The number of benzene rings is 2. The van der Waals surface area contributed by atoms with E-state index in [2.05, 4.69) is 26.0 Å². The van der Waals surface area contributed by atoms with Gasteiger partial charge >= 0.3 is 5.97 Å². The van der Waals surface area contributed by atoms with E-state index < -0.39 is 0 Å². The van der Waals surface area contributed by atoms with Gasteiger partial charge in [-0.3, -0.25) is 0 Å². The Bertz CT molecular complexity index is 720. The maximum Gasteiger partial charge on any atom is 0.337 e. The second kappa shape index (κ2) is 9.97. The van der Waals surface area contributed by atoms with Crippen molar-refractivity contribution in [3.63, 3.8) is 0 Å². The third kappa shape index (κ3) is 5.33. The zero-order valence-electron chi connectivity index (χ0n) is 16.1. The molecule has 4 nitrogen and oxygen atoms in total. The Labute approximate surface area is 156 Å². The number of carbonyl (C=O) groups is 1. The average molecular weight is 356 g/mol. The summed E-state index contributed by atoms with van der Waals surface area (Å²) in [4.78, 5) is 11.6. The van der Waals surface area contributed by atoms with Gasteiger partial charge in [0, 0.05) is 6.61 Å². The van der Waals surface area contributed by atoms with Gasteiger partial charge in [-0.25, -0.2) is 4.79 Å². The molecule has 0 saturated carbocycles. The molecule has 0 spiro atoms. The summed E-state index contributed by atoms with van der Waals surface area (Å²) < 4.78 is 16.1. The molecule has 0 radical (unpaired) electrons. The number of unbranched alkanes of at least 4 members (excludes halogenated alkanes) is 1. The van der Waals surface area contributed by atoms with Crippen LogP contribution in [0.15, 0.2) is 36.4 Å². The first-order chi connectivity index (χ1) is 12.6. The van der Waals surface area contributed by atoms with Crippen LogP contribution in [0.1, 0.15) is 41.3 Å². The van der Waals surface area contributed by atoms with Gasteiger partial charge in [-0.2, -0.15) is 0 Å². The van der Waals surface area contributed by atoms with Gasteiger partial charge in [0.15, 0.2) is 0 Å². The minimum absolute atomic E-state index is 0.325. The number of carbonyl (C=O) groups excluding carboxylic acids is 1. The molecule has 2 aromatic rings. The van der Waals surface area contributed by atoms with Gasteiger partial charge in [-0.05, 0) is 66.8 Å². The highest BCUT2D eigenvalue weighted by Crippen LogP contribution is 2.30. The van der Waals surface area contributed by atoms with Crippen molar-refractivity contribution >= 4 is 5.97 Å². The number of ether oxygens (including phenoxy) is 3. The van der Waals surface area contributed by atoms with Gasteiger partial charge in [0.05, 0.1) is 19.3 Å². The lowest BCUT2D eigenvalue weighted by atomic mass is 9.97. The van der Waals surface area contributed by atoms with Crippen LogP contribution in [0.2, 0.25) is 0 Å². The van der Waals surface area contributed by atoms with E-state index in [0.717, 1.165) is 47.5 Å². The maximum atomic E-state index is 11.6. The molecule has 2 aromatic carbocycles. The highest BCUT2D eigenvalue weighted by Gasteiger charge is 2.10. The van der Waals surface area contributed by atoms with Crippen LogP contribution >= 0.6 is 0 Å². The molecule has 0 aromatic heterocycles. The van der Waals surface area contributed by atoms with E-state index in [1.807, 2.05) is 19.1 Å². The van der Waals surface area contributed by atoms with Crippen LogP contribution in [0.3, 0.4) is 0 Å². The van der Waals surface area contributed by atoms with Crippen LogP contribution in [-0.2, 0) is 9.47 Å². The normalized spacial score (nSPS) is 10.6. The lowest BCUT2D eigenvalue weighted by Gasteiger charge is -2.14. The lowest BCUT2D eigenvalue weighted by molar-refractivity contribution is 0.0601. The molecule has 2 rings (SSSR count). The number of hydrogen-bond donors (Lipinski definition) is 0. The summed E-state index contributed by atoms with van der Waals surface area (Å²) in [6.45, 7) is 8.20. The van der Waals surface area contributed by atoms with E-state index >= 15 is 0 Å². The third-order valence-corrected chi connectivity index (χ3v) is 4.27. The van der Waals surface area contributed by atoms with Gasteiger partial charge in [0.2, 0.25) is 0 Å². The standard InChI is InChI=1S/C22H28O4/c1-5-6-11-25-12-13-26-21-15-16(2)20(14-17(21)3)18-7-9-19(10-8-18)22(23)24-4/h7-10,14-15H,5-6,11-13H2,1-4H3. The van der Waals surface area contributed by atoms with Crippen LogP contribution in [0.4, 0.5) is 0 Å². The van der Waals surface area contributed by atoms with E-state index in [0.29, 0.717) is 18.8 Å². The summed E-state index contributed by atoms with van der Waals surface area (Å²) >= 11 is 0. The summed E-state index contributed by atoms with van der Waals surface area (Å²) in [6, 6.07) is 11.6. The molecule has 4 heteroatoms. The largest absolute Gasteiger partial charge is 0.491 e. The zero-order chi connectivity index (χ0) is 18.9. The molecule has 0 saturated heterocycles. The predicted octanol–water partition coefficient (Wildman–Crippen LogP) is 4.95. The quantitative estimate of drug-likeness (QED) is 0.471. The van der Waals surface area contributed by atoms with Gasteiger partial charge < -0.3 is 14.2 Å². The van der Waals surface area contributed by atoms with Crippen molar-refractivity contribution < 1.29 is 19.0 Å².